The van der Waals surface area contributed by atoms with E-state index in [1.807, 2.05) is 32.0 Å². The number of hydrogen-bond donors (Lipinski definition) is 1. The molecule has 1 aromatic heterocycles. The molecule has 0 bridgehead atoms. The predicted octanol–water partition coefficient (Wildman–Crippen LogP) is 4.95. The lowest BCUT2D eigenvalue weighted by Gasteiger charge is -2.26. The standard InChI is InChI=1S/C24H21N5O2S/c1-17-13-20(5-4-11-25)14-18(2)24(17)29(32(3,30)31)22-10-12-27-23(15-22)28-21-8-6-19(16-26)7-9-21/h4-10,12-15H,1-3H3,(H,27,28)/b5-4+. The molecule has 0 aliphatic heterocycles. The molecular weight excluding hydrogens is 422 g/mol. The van der Waals surface area contributed by atoms with Crippen molar-refractivity contribution < 1.29 is 8.42 Å². The number of anilines is 4. The lowest BCUT2D eigenvalue weighted by Crippen LogP contribution is -2.26. The van der Waals surface area contributed by atoms with Crippen LogP contribution in [0, 0.1) is 36.5 Å². The molecule has 1 N–H and O–H groups in total. The Bertz CT molecular complexity index is 1340. The summed E-state index contributed by atoms with van der Waals surface area (Å²) in [5.41, 5.74) is 4.58. The molecule has 160 valence electrons. The monoisotopic (exact) mass is 443 g/mol. The predicted molar refractivity (Wildman–Crippen MR) is 126 cm³/mol. The third-order valence-corrected chi connectivity index (χ3v) is 5.72. The van der Waals surface area contributed by atoms with Gasteiger partial charge in [-0.2, -0.15) is 10.5 Å². The Balaban J connectivity index is 2.05. The number of aryl methyl sites for hydroxylation is 2. The summed E-state index contributed by atoms with van der Waals surface area (Å²) in [6.07, 6.45) is 5.75. The number of benzene rings is 2. The minimum absolute atomic E-state index is 0.435. The number of nitriles is 2. The molecule has 0 radical (unpaired) electrons. The van der Waals surface area contributed by atoms with Crippen molar-refractivity contribution in [1.29, 1.82) is 10.5 Å². The van der Waals surface area contributed by atoms with Crippen LogP contribution in [0.2, 0.25) is 0 Å². The minimum atomic E-state index is -3.67. The molecule has 32 heavy (non-hydrogen) atoms. The highest BCUT2D eigenvalue weighted by Gasteiger charge is 2.24. The van der Waals surface area contributed by atoms with E-state index in [1.54, 1.807) is 42.5 Å². The largest absolute Gasteiger partial charge is 0.340 e. The molecule has 0 atom stereocenters. The Labute approximate surface area is 187 Å². The molecule has 1 heterocycles. The number of aromatic nitrogens is 1. The van der Waals surface area contributed by atoms with Crippen LogP contribution in [0.3, 0.4) is 0 Å². The zero-order valence-electron chi connectivity index (χ0n) is 17.9. The molecule has 0 aliphatic rings. The molecule has 0 fully saturated rings. The van der Waals surface area contributed by atoms with Gasteiger partial charge in [0.1, 0.15) is 5.82 Å². The van der Waals surface area contributed by atoms with Gasteiger partial charge in [-0.05, 0) is 79.1 Å². The Hall–Kier alpha value is -4.14. The summed E-state index contributed by atoms with van der Waals surface area (Å²) in [6.45, 7) is 3.67. The maximum atomic E-state index is 12.8. The maximum Gasteiger partial charge on any atom is 0.236 e. The Morgan fingerprint density at radius 3 is 2.25 bits per heavy atom. The van der Waals surface area contributed by atoms with Gasteiger partial charge in [-0.3, -0.25) is 0 Å². The van der Waals surface area contributed by atoms with Gasteiger partial charge >= 0.3 is 0 Å². The Morgan fingerprint density at radius 1 is 1.03 bits per heavy atom. The summed E-state index contributed by atoms with van der Waals surface area (Å²) < 4.78 is 27.0. The number of pyridine rings is 1. The van der Waals surface area contributed by atoms with Crippen molar-refractivity contribution in [2.75, 3.05) is 15.9 Å². The van der Waals surface area contributed by atoms with E-state index >= 15 is 0 Å². The van der Waals surface area contributed by atoms with E-state index < -0.39 is 10.0 Å². The van der Waals surface area contributed by atoms with E-state index in [9.17, 15) is 8.42 Å². The van der Waals surface area contributed by atoms with Crippen LogP contribution in [0.5, 0.6) is 0 Å². The summed E-state index contributed by atoms with van der Waals surface area (Å²) in [6, 6.07) is 17.9. The van der Waals surface area contributed by atoms with Crippen LogP contribution in [0.25, 0.3) is 6.08 Å². The SMILES string of the molecule is Cc1cc(/C=C/C#N)cc(C)c1N(c1ccnc(Nc2ccc(C#N)cc2)c1)S(C)(=O)=O. The van der Waals surface area contributed by atoms with Gasteiger partial charge in [-0.25, -0.2) is 17.7 Å². The number of sulfonamides is 1. The van der Waals surface area contributed by atoms with Crippen LogP contribution in [-0.4, -0.2) is 19.7 Å². The van der Waals surface area contributed by atoms with Crippen molar-refractivity contribution in [3.8, 4) is 12.1 Å². The first-order chi connectivity index (χ1) is 15.2. The van der Waals surface area contributed by atoms with E-state index in [2.05, 4.69) is 16.4 Å². The zero-order chi connectivity index (χ0) is 23.3. The lowest BCUT2D eigenvalue weighted by molar-refractivity contribution is 0.602. The van der Waals surface area contributed by atoms with Crippen LogP contribution in [-0.2, 0) is 10.0 Å². The first-order valence-electron chi connectivity index (χ1n) is 9.64. The first kappa shape index (κ1) is 22.5. The summed E-state index contributed by atoms with van der Waals surface area (Å²) >= 11 is 0. The number of hydrogen-bond acceptors (Lipinski definition) is 6. The van der Waals surface area contributed by atoms with Gasteiger partial charge in [-0.1, -0.05) is 0 Å². The maximum absolute atomic E-state index is 12.8. The molecule has 3 rings (SSSR count). The van der Waals surface area contributed by atoms with Crippen molar-refractivity contribution in [2.45, 2.75) is 13.8 Å². The summed E-state index contributed by atoms with van der Waals surface area (Å²) in [5.74, 6) is 0.463. The van der Waals surface area contributed by atoms with Gasteiger partial charge < -0.3 is 5.32 Å². The van der Waals surface area contributed by atoms with Crippen molar-refractivity contribution in [3.05, 3.63) is 83.1 Å². The van der Waals surface area contributed by atoms with E-state index in [4.69, 9.17) is 10.5 Å². The normalized spacial score (nSPS) is 11.0. The van der Waals surface area contributed by atoms with Crippen molar-refractivity contribution in [2.24, 2.45) is 0 Å². The Morgan fingerprint density at radius 2 is 1.69 bits per heavy atom. The molecule has 7 nitrogen and oxygen atoms in total. The molecule has 0 spiro atoms. The van der Waals surface area contributed by atoms with Crippen molar-refractivity contribution in [3.63, 3.8) is 0 Å². The van der Waals surface area contributed by atoms with Gasteiger partial charge in [-0.15, -0.1) is 0 Å². The van der Waals surface area contributed by atoms with Crippen LogP contribution >= 0.6 is 0 Å². The molecular formula is C24H21N5O2S. The molecule has 0 saturated heterocycles. The second kappa shape index (κ2) is 9.34. The number of nitrogens with one attached hydrogen (secondary N) is 1. The quantitative estimate of drug-likeness (QED) is 0.540. The number of allylic oxidation sites excluding steroid dienone is 1. The molecule has 2 aromatic carbocycles. The summed E-state index contributed by atoms with van der Waals surface area (Å²) in [4.78, 5) is 4.29. The van der Waals surface area contributed by atoms with E-state index in [0.717, 1.165) is 28.6 Å². The molecule has 3 aromatic rings. The fourth-order valence-electron chi connectivity index (χ4n) is 3.42. The third kappa shape index (κ3) is 5.12. The second-order valence-corrected chi connectivity index (χ2v) is 9.04. The van der Waals surface area contributed by atoms with Crippen LogP contribution in [0.15, 0.2) is 60.8 Å². The molecule has 0 aliphatic carbocycles. The fraction of sp³-hybridized carbons (Fsp3) is 0.125. The average Bonchev–Trinajstić information content (AvgIpc) is 2.74. The van der Waals surface area contributed by atoms with Gasteiger partial charge in [0, 0.05) is 24.0 Å². The smallest absolute Gasteiger partial charge is 0.236 e. The average molecular weight is 444 g/mol. The highest BCUT2D eigenvalue weighted by Crippen LogP contribution is 2.36. The molecule has 8 heteroatoms. The molecule has 0 saturated carbocycles. The van der Waals surface area contributed by atoms with E-state index in [-0.39, 0.29) is 0 Å². The third-order valence-electron chi connectivity index (χ3n) is 4.66. The Kier molecular flexibility index (Phi) is 6.58. The summed E-state index contributed by atoms with van der Waals surface area (Å²) in [5, 5.41) is 20.8. The second-order valence-electron chi connectivity index (χ2n) is 7.21. The van der Waals surface area contributed by atoms with E-state index in [1.165, 1.54) is 16.6 Å². The topological polar surface area (TPSA) is 110 Å². The van der Waals surface area contributed by atoms with Crippen LogP contribution in [0.4, 0.5) is 22.9 Å². The van der Waals surface area contributed by atoms with Gasteiger partial charge in [0.2, 0.25) is 10.0 Å². The highest BCUT2D eigenvalue weighted by molar-refractivity contribution is 7.92. The number of rotatable bonds is 6. The fourth-order valence-corrected chi connectivity index (χ4v) is 4.53. The van der Waals surface area contributed by atoms with Crippen LogP contribution < -0.4 is 9.62 Å². The van der Waals surface area contributed by atoms with Gasteiger partial charge in [0.15, 0.2) is 0 Å². The highest BCUT2D eigenvalue weighted by atomic mass is 32.2. The van der Waals surface area contributed by atoms with Gasteiger partial charge in [0.05, 0.1) is 35.3 Å². The first-order valence-corrected chi connectivity index (χ1v) is 11.5. The van der Waals surface area contributed by atoms with Crippen molar-refractivity contribution in [1.82, 2.24) is 4.98 Å². The minimum Gasteiger partial charge on any atom is -0.340 e. The molecule has 0 amide bonds. The zero-order valence-corrected chi connectivity index (χ0v) is 18.7. The number of nitrogens with zero attached hydrogens (tertiary/aromatic N) is 4. The van der Waals surface area contributed by atoms with Crippen molar-refractivity contribution >= 4 is 39.0 Å². The van der Waals surface area contributed by atoms with Gasteiger partial charge in [0.25, 0.3) is 0 Å². The van der Waals surface area contributed by atoms with Crippen LogP contribution in [0.1, 0.15) is 22.3 Å². The lowest BCUT2D eigenvalue weighted by atomic mass is 10.0. The summed E-state index contributed by atoms with van der Waals surface area (Å²) in [7, 11) is -3.67. The van der Waals surface area contributed by atoms with E-state index in [0.29, 0.717) is 22.8 Å². The molecule has 0 unspecified atom stereocenters.